The van der Waals surface area contributed by atoms with Crippen molar-refractivity contribution in [2.75, 3.05) is 7.05 Å². The molecule has 1 aromatic heterocycles. The molecule has 0 N–H and O–H groups in total. The second kappa shape index (κ2) is 5.64. The lowest BCUT2D eigenvalue weighted by Gasteiger charge is -2.34. The quantitative estimate of drug-likeness (QED) is 0.793. The Bertz CT molecular complexity index is 490. The Morgan fingerprint density at radius 1 is 1.45 bits per heavy atom. The molecule has 112 valence electrons. The van der Waals surface area contributed by atoms with Gasteiger partial charge in [-0.3, -0.25) is 9.58 Å². The lowest BCUT2D eigenvalue weighted by molar-refractivity contribution is -0.117. The molecule has 0 aliphatic rings. The maximum atomic E-state index is 12.1. The Kier molecular flexibility index (Phi) is 4.57. The van der Waals surface area contributed by atoms with Crippen molar-refractivity contribution >= 4 is 12.4 Å². The first kappa shape index (κ1) is 16.2. The second-order valence-corrected chi connectivity index (χ2v) is 5.86. The van der Waals surface area contributed by atoms with E-state index in [9.17, 15) is 9.59 Å². The van der Waals surface area contributed by atoms with Crippen LogP contribution in [0.2, 0.25) is 0 Å². The van der Waals surface area contributed by atoms with Gasteiger partial charge >= 0.3 is 6.09 Å². The minimum absolute atomic E-state index is 0.516. The van der Waals surface area contributed by atoms with Crippen molar-refractivity contribution in [3.05, 3.63) is 18.0 Å². The summed E-state index contributed by atoms with van der Waals surface area (Å²) in [5.41, 5.74) is -1.25. The molecule has 0 aromatic carbocycles. The summed E-state index contributed by atoms with van der Waals surface area (Å²) in [5, 5.41) is 4.31. The van der Waals surface area contributed by atoms with E-state index in [1.165, 1.54) is 11.9 Å². The van der Waals surface area contributed by atoms with E-state index in [0.717, 1.165) is 0 Å². The average molecular weight is 281 g/mol. The minimum Gasteiger partial charge on any atom is -0.444 e. The van der Waals surface area contributed by atoms with Gasteiger partial charge in [0, 0.05) is 19.8 Å². The summed E-state index contributed by atoms with van der Waals surface area (Å²) in [4.78, 5) is 24.9. The molecular weight excluding hydrogens is 258 g/mol. The Morgan fingerprint density at radius 3 is 2.45 bits per heavy atom. The van der Waals surface area contributed by atoms with Crippen molar-refractivity contribution in [3.8, 4) is 0 Å². The fourth-order valence-corrected chi connectivity index (χ4v) is 1.64. The predicted molar refractivity (Wildman–Crippen MR) is 75.3 cm³/mol. The molecule has 6 heteroatoms. The van der Waals surface area contributed by atoms with Gasteiger partial charge in [-0.1, -0.05) is 0 Å². The smallest absolute Gasteiger partial charge is 0.411 e. The monoisotopic (exact) mass is 281 g/mol. The van der Waals surface area contributed by atoms with E-state index < -0.39 is 17.2 Å². The summed E-state index contributed by atoms with van der Waals surface area (Å²) in [5.74, 6) is 0. The van der Waals surface area contributed by atoms with E-state index in [4.69, 9.17) is 4.74 Å². The van der Waals surface area contributed by atoms with Crippen LogP contribution in [0.25, 0.3) is 0 Å². The second-order valence-electron chi connectivity index (χ2n) is 5.86. The molecule has 1 rings (SSSR count). The van der Waals surface area contributed by atoms with Crippen LogP contribution in [0.4, 0.5) is 4.79 Å². The van der Waals surface area contributed by atoms with E-state index in [-0.39, 0.29) is 0 Å². The molecule has 0 aliphatic carbocycles. The normalized spacial score (nSPS) is 14.5. The molecule has 1 aromatic rings. The number of nitrogens with zero attached hydrogens (tertiary/aromatic N) is 3. The number of aryl methyl sites for hydroxylation is 1. The van der Waals surface area contributed by atoms with Crippen LogP contribution < -0.4 is 0 Å². The number of ether oxygens (including phenoxy) is 1. The maximum Gasteiger partial charge on any atom is 0.411 e. The molecule has 1 amide bonds. The first-order valence-electron chi connectivity index (χ1n) is 6.61. The molecule has 0 aliphatic heterocycles. The van der Waals surface area contributed by atoms with Crippen molar-refractivity contribution in [1.29, 1.82) is 0 Å². The van der Waals surface area contributed by atoms with Gasteiger partial charge in [0.2, 0.25) is 0 Å². The molecule has 1 atom stereocenters. The zero-order valence-electron chi connectivity index (χ0n) is 13.0. The molecule has 0 fully saturated rings. The van der Waals surface area contributed by atoms with Gasteiger partial charge in [0.1, 0.15) is 11.1 Å². The van der Waals surface area contributed by atoms with Crippen molar-refractivity contribution < 1.29 is 14.3 Å². The van der Waals surface area contributed by atoms with E-state index in [1.54, 1.807) is 44.6 Å². The summed E-state index contributed by atoms with van der Waals surface area (Å²) >= 11 is 0. The minimum atomic E-state index is -1.15. The van der Waals surface area contributed by atoms with Gasteiger partial charge in [0.25, 0.3) is 0 Å². The first-order valence-corrected chi connectivity index (χ1v) is 6.61. The predicted octanol–water partition coefficient (Wildman–Crippen LogP) is 2.18. The van der Waals surface area contributed by atoms with Crippen LogP contribution >= 0.6 is 0 Å². The number of carbonyl (C=O) groups excluding carboxylic acids is 2. The van der Waals surface area contributed by atoms with E-state index in [0.29, 0.717) is 18.5 Å². The fourth-order valence-electron chi connectivity index (χ4n) is 1.64. The third kappa shape index (κ3) is 3.37. The van der Waals surface area contributed by atoms with E-state index >= 15 is 0 Å². The third-order valence-corrected chi connectivity index (χ3v) is 3.08. The van der Waals surface area contributed by atoms with Crippen LogP contribution in [0.5, 0.6) is 0 Å². The molecule has 1 unspecified atom stereocenters. The van der Waals surface area contributed by atoms with Crippen LogP contribution in [0.1, 0.15) is 40.3 Å². The topological polar surface area (TPSA) is 64.4 Å². The Morgan fingerprint density at radius 2 is 2.05 bits per heavy atom. The highest BCUT2D eigenvalue weighted by molar-refractivity contribution is 5.77. The lowest BCUT2D eigenvalue weighted by Crippen LogP contribution is -2.48. The number of likely N-dealkylation sites (N-methyl/N-ethyl adjacent to an activating group) is 1. The van der Waals surface area contributed by atoms with Gasteiger partial charge in [0.05, 0.1) is 5.69 Å². The summed E-state index contributed by atoms with van der Waals surface area (Å²) in [6.45, 7) is 9.64. The van der Waals surface area contributed by atoms with Crippen LogP contribution in [0.3, 0.4) is 0 Å². The van der Waals surface area contributed by atoms with E-state index in [1.807, 2.05) is 6.92 Å². The number of carbonyl (C=O) groups is 2. The number of aldehydes is 1. The molecule has 1 heterocycles. The van der Waals surface area contributed by atoms with Crippen molar-refractivity contribution in [2.24, 2.45) is 0 Å². The number of hydrogen-bond donors (Lipinski definition) is 0. The zero-order chi connectivity index (χ0) is 15.6. The number of amides is 1. The van der Waals surface area contributed by atoms with Gasteiger partial charge in [-0.05, 0) is 40.7 Å². The van der Waals surface area contributed by atoms with Gasteiger partial charge in [-0.15, -0.1) is 0 Å². The maximum absolute atomic E-state index is 12.1. The number of hydrogen-bond acceptors (Lipinski definition) is 4. The molecule has 0 radical (unpaired) electrons. The standard InChI is InChI=1S/C14H23N3O3/c1-7-17-9-8-11(15-17)14(5,10-18)16(6)12(19)20-13(2,3)4/h8-10H,7H2,1-6H3. The Balaban J connectivity index is 3.03. The average Bonchev–Trinajstić information content (AvgIpc) is 2.84. The van der Waals surface area contributed by atoms with Crippen LogP contribution in [-0.2, 0) is 21.6 Å². The highest BCUT2D eigenvalue weighted by Crippen LogP contribution is 2.25. The highest BCUT2D eigenvalue weighted by atomic mass is 16.6. The van der Waals surface area contributed by atoms with E-state index in [2.05, 4.69) is 5.10 Å². The summed E-state index contributed by atoms with van der Waals surface area (Å²) < 4.78 is 7.00. The fraction of sp³-hybridized carbons (Fsp3) is 0.643. The Hall–Kier alpha value is -1.85. The van der Waals surface area contributed by atoms with Gasteiger partial charge in [-0.2, -0.15) is 5.10 Å². The van der Waals surface area contributed by atoms with Crippen LogP contribution in [0.15, 0.2) is 12.3 Å². The van der Waals surface area contributed by atoms with Gasteiger partial charge in [0.15, 0.2) is 6.29 Å². The van der Waals surface area contributed by atoms with Gasteiger partial charge in [-0.25, -0.2) is 4.79 Å². The third-order valence-electron chi connectivity index (χ3n) is 3.08. The summed E-state index contributed by atoms with van der Waals surface area (Å²) in [6.07, 6.45) is 1.93. The molecule has 0 saturated carbocycles. The molecule has 20 heavy (non-hydrogen) atoms. The summed E-state index contributed by atoms with van der Waals surface area (Å²) in [6, 6.07) is 1.73. The Labute approximate surface area is 119 Å². The summed E-state index contributed by atoms with van der Waals surface area (Å²) in [7, 11) is 1.54. The number of aromatic nitrogens is 2. The lowest BCUT2D eigenvalue weighted by atomic mass is 9.98. The molecular formula is C14H23N3O3. The SMILES string of the molecule is CCn1ccc(C(C)(C=O)N(C)C(=O)OC(C)(C)C)n1. The molecule has 0 saturated heterocycles. The zero-order valence-corrected chi connectivity index (χ0v) is 13.0. The molecule has 6 nitrogen and oxygen atoms in total. The number of rotatable bonds is 4. The molecule has 0 spiro atoms. The van der Waals surface area contributed by atoms with Crippen LogP contribution in [-0.4, -0.2) is 39.7 Å². The van der Waals surface area contributed by atoms with Crippen molar-refractivity contribution in [1.82, 2.24) is 14.7 Å². The van der Waals surface area contributed by atoms with Crippen LogP contribution in [0, 0.1) is 0 Å². The van der Waals surface area contributed by atoms with Crippen molar-refractivity contribution in [3.63, 3.8) is 0 Å². The van der Waals surface area contributed by atoms with Gasteiger partial charge < -0.3 is 9.53 Å². The first-order chi connectivity index (χ1) is 9.14. The molecule has 0 bridgehead atoms. The largest absolute Gasteiger partial charge is 0.444 e. The highest BCUT2D eigenvalue weighted by Gasteiger charge is 2.38. The van der Waals surface area contributed by atoms with Crippen molar-refractivity contribution in [2.45, 2.75) is 52.3 Å².